The van der Waals surface area contributed by atoms with Gasteiger partial charge >= 0.3 is 0 Å². The summed E-state index contributed by atoms with van der Waals surface area (Å²) in [5.41, 5.74) is 1.17. The van der Waals surface area contributed by atoms with Gasteiger partial charge in [0.25, 0.3) is 0 Å². The standard InChI is InChI=1S/C12H19N3/c1-10(2)11-4-3-5-15(8-11)12-6-13-9-14-7-12/h6-7,9-11H,3-5,8H2,1-2H3. The van der Waals surface area contributed by atoms with Crippen LogP contribution in [-0.4, -0.2) is 23.1 Å². The molecule has 0 N–H and O–H groups in total. The molecule has 15 heavy (non-hydrogen) atoms. The van der Waals surface area contributed by atoms with E-state index in [-0.39, 0.29) is 0 Å². The second-order valence-electron chi connectivity index (χ2n) is 4.69. The minimum atomic E-state index is 0.775. The van der Waals surface area contributed by atoms with Crippen molar-refractivity contribution in [2.75, 3.05) is 18.0 Å². The molecule has 1 aromatic rings. The highest BCUT2D eigenvalue weighted by Gasteiger charge is 2.22. The summed E-state index contributed by atoms with van der Waals surface area (Å²) in [6.07, 6.45) is 8.07. The number of piperidine rings is 1. The zero-order valence-electron chi connectivity index (χ0n) is 9.56. The number of aromatic nitrogens is 2. The summed E-state index contributed by atoms with van der Waals surface area (Å²) in [5, 5.41) is 0. The van der Waals surface area contributed by atoms with Crippen molar-refractivity contribution in [2.24, 2.45) is 11.8 Å². The maximum Gasteiger partial charge on any atom is 0.115 e. The number of rotatable bonds is 2. The zero-order chi connectivity index (χ0) is 10.7. The predicted molar refractivity (Wildman–Crippen MR) is 61.8 cm³/mol. The molecule has 1 aliphatic heterocycles. The second kappa shape index (κ2) is 4.60. The summed E-state index contributed by atoms with van der Waals surface area (Å²) in [6.45, 7) is 6.94. The van der Waals surface area contributed by atoms with E-state index in [1.807, 2.05) is 12.4 Å². The summed E-state index contributed by atoms with van der Waals surface area (Å²) in [6, 6.07) is 0. The largest absolute Gasteiger partial charge is 0.369 e. The molecule has 0 saturated carbocycles. The normalized spacial score (nSPS) is 22.1. The zero-order valence-corrected chi connectivity index (χ0v) is 9.56. The molecule has 2 rings (SSSR count). The fourth-order valence-electron chi connectivity index (χ4n) is 2.24. The van der Waals surface area contributed by atoms with Crippen LogP contribution in [0.15, 0.2) is 18.7 Å². The highest BCUT2D eigenvalue weighted by atomic mass is 15.1. The Morgan fingerprint density at radius 2 is 2.07 bits per heavy atom. The van der Waals surface area contributed by atoms with Crippen LogP contribution >= 0.6 is 0 Å². The van der Waals surface area contributed by atoms with E-state index in [0.29, 0.717) is 0 Å². The smallest absolute Gasteiger partial charge is 0.115 e. The van der Waals surface area contributed by atoms with Gasteiger partial charge in [0.05, 0.1) is 18.1 Å². The van der Waals surface area contributed by atoms with E-state index in [1.54, 1.807) is 6.33 Å². The first kappa shape index (κ1) is 10.4. The molecule has 2 heterocycles. The molecule has 0 spiro atoms. The molecule has 1 fully saturated rings. The molecule has 0 amide bonds. The van der Waals surface area contributed by atoms with Crippen LogP contribution in [0.4, 0.5) is 5.69 Å². The maximum absolute atomic E-state index is 4.08. The van der Waals surface area contributed by atoms with Crippen LogP contribution in [0.5, 0.6) is 0 Å². The summed E-state index contributed by atoms with van der Waals surface area (Å²) in [4.78, 5) is 10.6. The molecule has 0 radical (unpaired) electrons. The highest BCUT2D eigenvalue weighted by Crippen LogP contribution is 2.26. The van der Waals surface area contributed by atoms with Crippen LogP contribution < -0.4 is 4.90 Å². The van der Waals surface area contributed by atoms with Gasteiger partial charge in [0, 0.05) is 13.1 Å². The Balaban J connectivity index is 2.05. The van der Waals surface area contributed by atoms with Crippen molar-refractivity contribution in [1.82, 2.24) is 9.97 Å². The topological polar surface area (TPSA) is 29.0 Å². The summed E-state index contributed by atoms with van der Waals surface area (Å²) < 4.78 is 0. The predicted octanol–water partition coefficient (Wildman–Crippen LogP) is 2.35. The Morgan fingerprint density at radius 1 is 1.33 bits per heavy atom. The molecule has 1 aromatic heterocycles. The van der Waals surface area contributed by atoms with Crippen molar-refractivity contribution < 1.29 is 0 Å². The Labute approximate surface area is 91.5 Å². The molecule has 1 saturated heterocycles. The van der Waals surface area contributed by atoms with Gasteiger partial charge in [0.15, 0.2) is 0 Å². The third kappa shape index (κ3) is 2.46. The quantitative estimate of drug-likeness (QED) is 0.742. The number of hydrogen-bond donors (Lipinski definition) is 0. The first-order valence-corrected chi connectivity index (χ1v) is 5.77. The monoisotopic (exact) mass is 205 g/mol. The third-order valence-electron chi connectivity index (χ3n) is 3.31. The Kier molecular flexibility index (Phi) is 3.19. The number of anilines is 1. The van der Waals surface area contributed by atoms with Gasteiger partial charge in [-0.2, -0.15) is 0 Å². The molecule has 3 nitrogen and oxygen atoms in total. The van der Waals surface area contributed by atoms with Crippen LogP contribution in [0.25, 0.3) is 0 Å². The van der Waals surface area contributed by atoms with Crippen molar-refractivity contribution >= 4 is 5.69 Å². The molecule has 1 unspecified atom stereocenters. The Bertz CT molecular complexity index is 297. The van der Waals surface area contributed by atoms with Crippen LogP contribution in [0.2, 0.25) is 0 Å². The van der Waals surface area contributed by atoms with E-state index < -0.39 is 0 Å². The van der Waals surface area contributed by atoms with Crippen LogP contribution in [-0.2, 0) is 0 Å². The van der Waals surface area contributed by atoms with Gasteiger partial charge < -0.3 is 4.90 Å². The number of nitrogens with zero attached hydrogens (tertiary/aromatic N) is 3. The lowest BCUT2D eigenvalue weighted by atomic mass is 9.88. The van der Waals surface area contributed by atoms with Gasteiger partial charge in [-0.3, -0.25) is 0 Å². The van der Waals surface area contributed by atoms with Gasteiger partial charge in [-0.25, -0.2) is 9.97 Å². The summed E-state index contributed by atoms with van der Waals surface area (Å²) >= 11 is 0. The molecular formula is C12H19N3. The van der Waals surface area contributed by atoms with Gasteiger partial charge in [0.1, 0.15) is 6.33 Å². The molecule has 0 bridgehead atoms. The van der Waals surface area contributed by atoms with E-state index in [2.05, 4.69) is 28.7 Å². The summed E-state index contributed by atoms with van der Waals surface area (Å²) in [7, 11) is 0. The van der Waals surface area contributed by atoms with Crippen molar-refractivity contribution in [3.8, 4) is 0 Å². The van der Waals surface area contributed by atoms with Gasteiger partial charge in [0.2, 0.25) is 0 Å². The lowest BCUT2D eigenvalue weighted by Gasteiger charge is -2.35. The van der Waals surface area contributed by atoms with E-state index in [9.17, 15) is 0 Å². The van der Waals surface area contributed by atoms with Crippen molar-refractivity contribution in [3.05, 3.63) is 18.7 Å². The van der Waals surface area contributed by atoms with E-state index in [4.69, 9.17) is 0 Å². The van der Waals surface area contributed by atoms with Gasteiger partial charge in [-0.05, 0) is 24.7 Å². The van der Waals surface area contributed by atoms with Crippen LogP contribution in [0.3, 0.4) is 0 Å². The molecule has 1 atom stereocenters. The first-order valence-electron chi connectivity index (χ1n) is 5.77. The minimum absolute atomic E-state index is 0.775. The van der Waals surface area contributed by atoms with E-state index in [1.165, 1.54) is 18.5 Å². The Hall–Kier alpha value is -1.12. The first-order chi connectivity index (χ1) is 7.27. The van der Waals surface area contributed by atoms with Gasteiger partial charge in [-0.15, -0.1) is 0 Å². The van der Waals surface area contributed by atoms with Crippen molar-refractivity contribution in [3.63, 3.8) is 0 Å². The molecule has 0 aromatic carbocycles. The molecule has 3 heteroatoms. The van der Waals surface area contributed by atoms with Gasteiger partial charge in [-0.1, -0.05) is 13.8 Å². The average molecular weight is 205 g/mol. The molecule has 1 aliphatic rings. The lowest BCUT2D eigenvalue weighted by molar-refractivity contribution is 0.321. The average Bonchev–Trinajstić information content (AvgIpc) is 2.30. The van der Waals surface area contributed by atoms with Crippen LogP contribution in [0.1, 0.15) is 26.7 Å². The minimum Gasteiger partial charge on any atom is -0.369 e. The fourth-order valence-corrected chi connectivity index (χ4v) is 2.24. The van der Waals surface area contributed by atoms with Crippen LogP contribution in [0, 0.1) is 11.8 Å². The maximum atomic E-state index is 4.08. The van der Waals surface area contributed by atoms with Crippen molar-refractivity contribution in [2.45, 2.75) is 26.7 Å². The van der Waals surface area contributed by atoms with Crippen molar-refractivity contribution in [1.29, 1.82) is 0 Å². The molecular weight excluding hydrogens is 186 g/mol. The van der Waals surface area contributed by atoms with E-state index >= 15 is 0 Å². The fraction of sp³-hybridized carbons (Fsp3) is 0.667. The highest BCUT2D eigenvalue weighted by molar-refractivity contribution is 5.41. The third-order valence-corrected chi connectivity index (χ3v) is 3.31. The Morgan fingerprint density at radius 3 is 2.73 bits per heavy atom. The van der Waals surface area contributed by atoms with E-state index in [0.717, 1.165) is 24.9 Å². The SMILES string of the molecule is CC(C)C1CCCN(c2cncnc2)C1. The lowest BCUT2D eigenvalue weighted by Crippen LogP contribution is -2.37. The molecule has 82 valence electrons. The summed E-state index contributed by atoms with van der Waals surface area (Å²) in [5.74, 6) is 1.59. The number of hydrogen-bond acceptors (Lipinski definition) is 3. The molecule has 0 aliphatic carbocycles. The second-order valence-corrected chi connectivity index (χ2v) is 4.69.